The number of carboxylic acid groups (broad SMARTS) is 1. The highest BCUT2D eigenvalue weighted by molar-refractivity contribution is 5.96. The molecule has 38 heavy (non-hydrogen) atoms. The Morgan fingerprint density at radius 2 is 1.76 bits per heavy atom. The Bertz CT molecular complexity index is 1340. The first-order valence-electron chi connectivity index (χ1n) is 12.0. The van der Waals surface area contributed by atoms with Crippen LogP contribution in [0.1, 0.15) is 44.3 Å². The number of hydrogen-bond donors (Lipinski definition) is 2. The summed E-state index contributed by atoms with van der Waals surface area (Å²) in [5.41, 5.74) is 2.25. The minimum absolute atomic E-state index is 0.0494. The molecular formula is C27H27N5O6. The number of carbonyl (C=O) groups is 3. The third-order valence-corrected chi connectivity index (χ3v) is 6.41. The molecule has 2 aromatic carbocycles. The number of nitrogens with one attached hydrogen (secondary N) is 1. The van der Waals surface area contributed by atoms with Gasteiger partial charge in [0.2, 0.25) is 0 Å². The second-order valence-electron chi connectivity index (χ2n) is 9.02. The second kappa shape index (κ2) is 11.5. The number of rotatable bonds is 8. The SMILES string of the molecule is Cc1ccc(C(CC(=O)O)NC(=O)c2ccc(N3CCN(C(=O)c4cccnc4)CC3)c([N+](=O)[O-])c2)cc1. The summed E-state index contributed by atoms with van der Waals surface area (Å²) in [6, 6.07) is 13.9. The van der Waals surface area contributed by atoms with Crippen molar-refractivity contribution < 1.29 is 24.4 Å². The molecule has 0 bridgehead atoms. The van der Waals surface area contributed by atoms with E-state index in [0.29, 0.717) is 43.0 Å². The van der Waals surface area contributed by atoms with Crippen LogP contribution >= 0.6 is 0 Å². The van der Waals surface area contributed by atoms with Crippen LogP contribution in [0.3, 0.4) is 0 Å². The topological polar surface area (TPSA) is 146 Å². The third-order valence-electron chi connectivity index (χ3n) is 6.41. The van der Waals surface area contributed by atoms with E-state index in [4.69, 9.17) is 0 Å². The molecule has 4 rings (SSSR count). The summed E-state index contributed by atoms with van der Waals surface area (Å²) in [6.07, 6.45) is 2.76. The van der Waals surface area contributed by atoms with Gasteiger partial charge in [-0.15, -0.1) is 0 Å². The van der Waals surface area contributed by atoms with Crippen molar-refractivity contribution in [1.82, 2.24) is 15.2 Å². The number of nitro benzene ring substituents is 1. The molecule has 2 amide bonds. The summed E-state index contributed by atoms with van der Waals surface area (Å²) in [5, 5.41) is 23.9. The molecule has 2 heterocycles. The average molecular weight is 518 g/mol. The van der Waals surface area contributed by atoms with Gasteiger partial charge in [0.15, 0.2) is 0 Å². The van der Waals surface area contributed by atoms with E-state index in [9.17, 15) is 29.6 Å². The van der Waals surface area contributed by atoms with Gasteiger partial charge in [0.05, 0.1) is 22.9 Å². The van der Waals surface area contributed by atoms with Crippen molar-refractivity contribution >= 4 is 29.2 Å². The van der Waals surface area contributed by atoms with Crippen molar-refractivity contribution in [3.63, 3.8) is 0 Å². The molecule has 2 N–H and O–H groups in total. The van der Waals surface area contributed by atoms with Gasteiger partial charge in [0.1, 0.15) is 5.69 Å². The number of hydrogen-bond acceptors (Lipinski definition) is 7. The fourth-order valence-electron chi connectivity index (χ4n) is 4.37. The largest absolute Gasteiger partial charge is 0.481 e. The van der Waals surface area contributed by atoms with Crippen LogP contribution in [-0.4, -0.2) is 63.9 Å². The van der Waals surface area contributed by atoms with E-state index < -0.39 is 22.8 Å². The van der Waals surface area contributed by atoms with E-state index >= 15 is 0 Å². The molecule has 0 saturated carbocycles. The summed E-state index contributed by atoms with van der Waals surface area (Å²) in [4.78, 5) is 55.9. The molecule has 1 fully saturated rings. The van der Waals surface area contributed by atoms with Gasteiger partial charge in [-0.25, -0.2) is 0 Å². The van der Waals surface area contributed by atoms with Crippen LogP contribution in [0.25, 0.3) is 0 Å². The van der Waals surface area contributed by atoms with Crippen molar-refractivity contribution in [2.45, 2.75) is 19.4 Å². The number of piperazine rings is 1. The van der Waals surface area contributed by atoms with Gasteiger partial charge in [0, 0.05) is 50.2 Å². The number of carboxylic acids is 1. The highest BCUT2D eigenvalue weighted by atomic mass is 16.6. The number of aliphatic carboxylic acids is 1. The lowest BCUT2D eigenvalue weighted by Gasteiger charge is -2.35. The number of nitrogens with zero attached hydrogens (tertiary/aromatic N) is 4. The van der Waals surface area contributed by atoms with Gasteiger partial charge in [-0.2, -0.15) is 0 Å². The number of anilines is 1. The Kier molecular flexibility index (Phi) is 7.95. The Balaban J connectivity index is 1.49. The number of benzene rings is 2. The number of aromatic nitrogens is 1. The molecule has 0 spiro atoms. The molecule has 1 atom stereocenters. The van der Waals surface area contributed by atoms with E-state index in [0.717, 1.165) is 5.56 Å². The summed E-state index contributed by atoms with van der Waals surface area (Å²) < 4.78 is 0. The highest BCUT2D eigenvalue weighted by Crippen LogP contribution is 2.31. The number of carbonyl (C=O) groups excluding carboxylic acids is 2. The Labute approximate surface area is 218 Å². The fourth-order valence-corrected chi connectivity index (χ4v) is 4.37. The molecule has 3 aromatic rings. The monoisotopic (exact) mass is 517 g/mol. The minimum atomic E-state index is -1.08. The molecule has 0 radical (unpaired) electrons. The average Bonchev–Trinajstić information content (AvgIpc) is 2.92. The van der Waals surface area contributed by atoms with Crippen LogP contribution in [0.4, 0.5) is 11.4 Å². The molecule has 1 aromatic heterocycles. The van der Waals surface area contributed by atoms with E-state index in [1.807, 2.05) is 24.0 Å². The molecule has 1 aliphatic heterocycles. The molecular weight excluding hydrogens is 490 g/mol. The highest BCUT2D eigenvalue weighted by Gasteiger charge is 2.28. The lowest BCUT2D eigenvalue weighted by molar-refractivity contribution is -0.384. The van der Waals surface area contributed by atoms with Gasteiger partial charge in [0.25, 0.3) is 17.5 Å². The smallest absolute Gasteiger partial charge is 0.305 e. The summed E-state index contributed by atoms with van der Waals surface area (Å²) in [7, 11) is 0. The normalized spacial score (nSPS) is 14.0. The molecule has 1 aliphatic rings. The van der Waals surface area contributed by atoms with Crippen LogP contribution in [0.5, 0.6) is 0 Å². The van der Waals surface area contributed by atoms with Gasteiger partial charge >= 0.3 is 5.97 Å². The van der Waals surface area contributed by atoms with Crippen LogP contribution in [-0.2, 0) is 4.79 Å². The zero-order chi connectivity index (χ0) is 27.2. The van der Waals surface area contributed by atoms with Crippen molar-refractivity contribution in [1.29, 1.82) is 0 Å². The summed E-state index contributed by atoms with van der Waals surface area (Å²) >= 11 is 0. The zero-order valence-electron chi connectivity index (χ0n) is 20.7. The summed E-state index contributed by atoms with van der Waals surface area (Å²) in [5.74, 6) is -1.85. The molecule has 196 valence electrons. The van der Waals surface area contributed by atoms with Crippen LogP contribution < -0.4 is 10.2 Å². The predicted molar refractivity (Wildman–Crippen MR) is 139 cm³/mol. The van der Waals surface area contributed by atoms with E-state index in [1.165, 1.54) is 24.4 Å². The van der Waals surface area contributed by atoms with Crippen LogP contribution in [0.15, 0.2) is 67.0 Å². The van der Waals surface area contributed by atoms with E-state index in [-0.39, 0.29) is 23.6 Å². The second-order valence-corrected chi connectivity index (χ2v) is 9.02. The van der Waals surface area contributed by atoms with E-state index in [2.05, 4.69) is 10.3 Å². The van der Waals surface area contributed by atoms with Crippen molar-refractivity contribution in [3.8, 4) is 0 Å². The van der Waals surface area contributed by atoms with Gasteiger partial charge in [-0.05, 0) is 36.8 Å². The lowest BCUT2D eigenvalue weighted by Crippen LogP contribution is -2.49. The first-order chi connectivity index (χ1) is 18.2. The molecule has 11 nitrogen and oxygen atoms in total. The van der Waals surface area contributed by atoms with Crippen molar-refractivity contribution in [2.24, 2.45) is 0 Å². The Morgan fingerprint density at radius 1 is 1.05 bits per heavy atom. The van der Waals surface area contributed by atoms with Crippen molar-refractivity contribution in [2.75, 3.05) is 31.1 Å². The first kappa shape index (κ1) is 26.3. The number of amides is 2. The Morgan fingerprint density at radius 3 is 2.37 bits per heavy atom. The zero-order valence-corrected chi connectivity index (χ0v) is 20.7. The van der Waals surface area contributed by atoms with Crippen LogP contribution in [0.2, 0.25) is 0 Å². The maximum Gasteiger partial charge on any atom is 0.305 e. The maximum absolute atomic E-state index is 13.0. The standard InChI is InChI=1S/C27H27N5O6/c1-18-4-6-19(7-5-18)22(16-25(33)34)29-26(35)20-8-9-23(24(15-20)32(37)38)30-11-13-31(14-12-30)27(36)21-3-2-10-28-17-21/h2-10,15,17,22H,11-14,16H2,1H3,(H,29,35)(H,33,34). The molecule has 1 unspecified atom stereocenters. The van der Waals surface area contributed by atoms with Gasteiger partial charge in [-0.1, -0.05) is 29.8 Å². The molecule has 0 aliphatic carbocycles. The summed E-state index contributed by atoms with van der Waals surface area (Å²) in [6.45, 7) is 3.41. The van der Waals surface area contributed by atoms with Gasteiger partial charge < -0.3 is 20.2 Å². The molecule has 1 saturated heterocycles. The number of nitro groups is 1. The fraction of sp³-hybridized carbons (Fsp3) is 0.259. The molecule has 11 heteroatoms. The first-order valence-corrected chi connectivity index (χ1v) is 12.0. The number of aryl methyl sites for hydroxylation is 1. The van der Waals surface area contributed by atoms with Crippen molar-refractivity contribution in [3.05, 3.63) is 99.4 Å². The lowest BCUT2D eigenvalue weighted by atomic mass is 10.0. The third kappa shape index (κ3) is 6.12. The van der Waals surface area contributed by atoms with E-state index in [1.54, 1.807) is 35.4 Å². The Hall–Kier alpha value is -4.80. The predicted octanol–water partition coefficient (Wildman–Crippen LogP) is 3.21. The minimum Gasteiger partial charge on any atom is -0.481 e. The van der Waals surface area contributed by atoms with Crippen LogP contribution in [0, 0.1) is 17.0 Å². The van der Waals surface area contributed by atoms with Gasteiger partial charge in [-0.3, -0.25) is 29.5 Å². The number of pyridine rings is 1. The maximum atomic E-state index is 13.0. The quantitative estimate of drug-likeness (QED) is 0.342.